The molecule has 11 heteroatoms. The largest absolute Gasteiger partial charge is 0.511 e. The van der Waals surface area contributed by atoms with Crippen LogP contribution in [-0.4, -0.2) is 70.6 Å². The van der Waals surface area contributed by atoms with Crippen molar-refractivity contribution in [2.45, 2.75) is 45.2 Å². The van der Waals surface area contributed by atoms with Gasteiger partial charge in [0.15, 0.2) is 5.96 Å². The highest BCUT2D eigenvalue weighted by molar-refractivity contribution is 7.90. The molecule has 0 saturated carbocycles. The minimum Gasteiger partial charge on any atom is -0.379 e. The van der Waals surface area contributed by atoms with Crippen LogP contribution in [0.1, 0.15) is 33.6 Å². The molecule has 160 valence electrons. The molecule has 1 atom stereocenters. The number of rotatable bonds is 6. The Morgan fingerprint density at radius 2 is 1.78 bits per heavy atom. The third-order valence-corrected chi connectivity index (χ3v) is 6.32. The van der Waals surface area contributed by atoms with Crippen molar-refractivity contribution in [3.05, 3.63) is 0 Å². The number of ether oxygens (including phenoxy) is 1. The second kappa shape index (κ2) is 9.42. The maximum atomic E-state index is 12.6. The summed E-state index contributed by atoms with van der Waals surface area (Å²) >= 11 is 0. The number of guanidine groups is 1. The van der Waals surface area contributed by atoms with Gasteiger partial charge in [-0.05, 0) is 24.2 Å². The van der Waals surface area contributed by atoms with Crippen molar-refractivity contribution in [1.29, 1.82) is 0 Å². The maximum Gasteiger partial charge on any atom is 0.511 e. The van der Waals surface area contributed by atoms with Crippen LogP contribution in [0.15, 0.2) is 4.99 Å². The highest BCUT2D eigenvalue weighted by Gasteiger charge is 2.50. The van der Waals surface area contributed by atoms with Gasteiger partial charge in [-0.15, -0.1) is 0 Å². The minimum atomic E-state index is -5.24. The summed E-state index contributed by atoms with van der Waals surface area (Å²) in [6, 6.07) is 0. The van der Waals surface area contributed by atoms with E-state index in [9.17, 15) is 21.6 Å². The summed E-state index contributed by atoms with van der Waals surface area (Å²) in [7, 11) is -1.95. The van der Waals surface area contributed by atoms with Crippen LogP contribution in [-0.2, 0) is 14.8 Å². The summed E-state index contributed by atoms with van der Waals surface area (Å²) in [6.45, 7) is 7.02. The van der Waals surface area contributed by atoms with Crippen LogP contribution < -0.4 is 10.6 Å². The van der Waals surface area contributed by atoms with E-state index in [0.29, 0.717) is 36.2 Å². The topological polar surface area (TPSA) is 83.0 Å². The van der Waals surface area contributed by atoms with E-state index < -0.39 is 15.5 Å². The number of hydrogen-bond acceptors (Lipinski definition) is 4. The molecule has 27 heavy (non-hydrogen) atoms. The van der Waals surface area contributed by atoms with Crippen LogP contribution in [0, 0.1) is 11.3 Å². The lowest BCUT2D eigenvalue weighted by Gasteiger charge is -2.32. The van der Waals surface area contributed by atoms with Gasteiger partial charge in [0, 0.05) is 40.3 Å². The van der Waals surface area contributed by atoms with Gasteiger partial charge in [-0.2, -0.15) is 17.5 Å². The van der Waals surface area contributed by atoms with Crippen molar-refractivity contribution in [3.8, 4) is 0 Å². The summed E-state index contributed by atoms with van der Waals surface area (Å²) in [6.07, 6.45) is 0.705. The van der Waals surface area contributed by atoms with Gasteiger partial charge in [-0.1, -0.05) is 20.8 Å². The van der Waals surface area contributed by atoms with Crippen LogP contribution in [0.3, 0.4) is 0 Å². The van der Waals surface area contributed by atoms with Crippen molar-refractivity contribution in [1.82, 2.24) is 14.9 Å². The first-order valence-corrected chi connectivity index (χ1v) is 10.3. The van der Waals surface area contributed by atoms with Gasteiger partial charge >= 0.3 is 15.5 Å². The molecule has 1 unspecified atom stereocenters. The van der Waals surface area contributed by atoms with E-state index in [1.165, 1.54) is 0 Å². The van der Waals surface area contributed by atoms with E-state index in [-0.39, 0.29) is 30.5 Å². The fraction of sp³-hybridized carbons (Fsp3) is 0.938. The van der Waals surface area contributed by atoms with Crippen LogP contribution in [0.5, 0.6) is 0 Å². The molecule has 7 nitrogen and oxygen atoms in total. The highest BCUT2D eigenvalue weighted by Crippen LogP contribution is 2.30. The standard InChI is InChI=1S/C16H31F3N4O3S/c1-15(2,3)13(26-5)11-22-14(20-4)21-10-12-6-8-23(9-7-12)27(24,25)16(17,18)19/h12-13H,6-11H2,1-5H3,(H2,20,21,22). The lowest BCUT2D eigenvalue weighted by atomic mass is 9.89. The minimum absolute atomic E-state index is 0.0214. The van der Waals surface area contributed by atoms with Gasteiger partial charge in [0.2, 0.25) is 0 Å². The summed E-state index contributed by atoms with van der Waals surface area (Å²) < 4.78 is 66.7. The van der Waals surface area contributed by atoms with E-state index in [1.807, 2.05) is 0 Å². The molecule has 1 aliphatic heterocycles. The molecular formula is C16H31F3N4O3S. The second-order valence-electron chi connectivity index (χ2n) is 7.72. The zero-order valence-electron chi connectivity index (χ0n) is 16.6. The quantitative estimate of drug-likeness (QED) is 0.509. The number of aliphatic imine (C=N–C) groups is 1. The molecule has 0 amide bonds. The molecule has 1 heterocycles. The van der Waals surface area contributed by atoms with Crippen LogP contribution >= 0.6 is 0 Å². The molecule has 1 fully saturated rings. The van der Waals surface area contributed by atoms with Gasteiger partial charge in [-0.25, -0.2) is 8.42 Å². The molecule has 0 aromatic rings. The van der Waals surface area contributed by atoms with Crippen LogP contribution in [0.2, 0.25) is 0 Å². The Labute approximate surface area is 159 Å². The predicted octanol–water partition coefficient (Wildman–Crippen LogP) is 1.77. The third kappa shape index (κ3) is 6.79. The molecule has 1 rings (SSSR count). The average Bonchev–Trinajstić information content (AvgIpc) is 2.56. The zero-order chi connectivity index (χ0) is 20.9. The monoisotopic (exact) mass is 416 g/mol. The Morgan fingerprint density at radius 3 is 2.19 bits per heavy atom. The average molecular weight is 417 g/mol. The summed E-state index contributed by atoms with van der Waals surface area (Å²) in [5.41, 5.74) is -5.29. The molecule has 0 aliphatic carbocycles. The molecule has 0 bridgehead atoms. The smallest absolute Gasteiger partial charge is 0.379 e. The maximum absolute atomic E-state index is 12.6. The van der Waals surface area contributed by atoms with E-state index in [0.717, 1.165) is 0 Å². The SMILES string of the molecule is CN=C(NCC1CCN(S(=O)(=O)C(F)(F)F)CC1)NCC(OC)C(C)(C)C. The number of methoxy groups -OCH3 is 1. The zero-order valence-corrected chi connectivity index (χ0v) is 17.4. The molecule has 2 N–H and O–H groups in total. The van der Waals surface area contributed by atoms with Gasteiger partial charge in [0.05, 0.1) is 6.10 Å². The second-order valence-corrected chi connectivity index (χ2v) is 9.65. The van der Waals surface area contributed by atoms with Crippen molar-refractivity contribution in [3.63, 3.8) is 0 Å². The Morgan fingerprint density at radius 1 is 1.22 bits per heavy atom. The van der Waals surface area contributed by atoms with Gasteiger partial charge in [-0.3, -0.25) is 4.99 Å². The summed E-state index contributed by atoms with van der Waals surface area (Å²) in [4.78, 5) is 4.13. The summed E-state index contributed by atoms with van der Waals surface area (Å²) in [5.74, 6) is 0.649. The number of alkyl halides is 3. The van der Waals surface area contributed by atoms with Crippen molar-refractivity contribution in [2.75, 3.05) is 40.3 Å². The number of hydrogen-bond donors (Lipinski definition) is 2. The van der Waals surface area contributed by atoms with Crippen LogP contribution in [0.4, 0.5) is 13.2 Å². The number of piperidine rings is 1. The van der Waals surface area contributed by atoms with E-state index >= 15 is 0 Å². The Hall–Kier alpha value is -1.07. The normalized spacial score (nSPS) is 19.8. The number of nitrogens with one attached hydrogen (secondary N) is 2. The lowest BCUT2D eigenvalue weighted by Crippen LogP contribution is -2.48. The molecular weight excluding hydrogens is 385 g/mol. The number of sulfonamides is 1. The Kier molecular flexibility index (Phi) is 8.36. The van der Waals surface area contributed by atoms with E-state index in [2.05, 4.69) is 36.4 Å². The van der Waals surface area contributed by atoms with Crippen molar-refractivity contribution in [2.24, 2.45) is 16.3 Å². The third-order valence-electron chi connectivity index (χ3n) is 4.69. The van der Waals surface area contributed by atoms with Crippen LogP contribution in [0.25, 0.3) is 0 Å². The first-order valence-electron chi connectivity index (χ1n) is 8.86. The van der Waals surface area contributed by atoms with Crippen molar-refractivity contribution < 1.29 is 26.3 Å². The summed E-state index contributed by atoms with van der Waals surface area (Å²) in [5, 5.41) is 6.33. The highest BCUT2D eigenvalue weighted by atomic mass is 32.2. The Bertz CT molecular complexity index is 595. The first-order chi connectivity index (χ1) is 12.3. The fourth-order valence-corrected chi connectivity index (χ4v) is 3.88. The predicted molar refractivity (Wildman–Crippen MR) is 98.9 cm³/mol. The fourth-order valence-electron chi connectivity index (χ4n) is 2.89. The number of halogens is 3. The molecule has 0 radical (unpaired) electrons. The molecule has 0 aromatic heterocycles. The molecule has 0 spiro atoms. The van der Waals surface area contributed by atoms with Gasteiger partial charge < -0.3 is 15.4 Å². The molecule has 1 saturated heterocycles. The van der Waals surface area contributed by atoms with E-state index in [1.54, 1.807) is 14.2 Å². The van der Waals surface area contributed by atoms with Crippen molar-refractivity contribution >= 4 is 16.0 Å². The molecule has 0 aromatic carbocycles. The lowest BCUT2D eigenvalue weighted by molar-refractivity contribution is -0.0496. The Balaban J connectivity index is 2.46. The molecule has 1 aliphatic rings. The first kappa shape index (κ1) is 24.0. The van der Waals surface area contributed by atoms with E-state index in [4.69, 9.17) is 4.74 Å². The number of nitrogens with zero attached hydrogens (tertiary/aromatic N) is 2. The van der Waals surface area contributed by atoms with Gasteiger partial charge in [0.1, 0.15) is 0 Å². The van der Waals surface area contributed by atoms with Gasteiger partial charge in [0.25, 0.3) is 0 Å².